The van der Waals surface area contributed by atoms with Crippen LogP contribution in [0.1, 0.15) is 15.9 Å². The Bertz CT molecular complexity index is 1090. The number of amides is 1. The number of anilines is 1. The lowest BCUT2D eigenvalue weighted by Gasteiger charge is -2.06. The average Bonchev–Trinajstić information content (AvgIpc) is 3.12. The Morgan fingerprint density at radius 1 is 1.00 bits per heavy atom. The lowest BCUT2D eigenvalue weighted by atomic mass is 10.1. The number of nitrogens with one attached hydrogen (secondary N) is 1. The Hall–Kier alpha value is -3.60. The summed E-state index contributed by atoms with van der Waals surface area (Å²) in [4.78, 5) is 15.9. The molecule has 3 aromatic carbocycles. The summed E-state index contributed by atoms with van der Waals surface area (Å²) in [5, 5.41) is 3.41. The Labute approximate surface area is 156 Å². The van der Waals surface area contributed by atoms with E-state index in [4.69, 9.17) is 10.2 Å². The highest BCUT2D eigenvalue weighted by molar-refractivity contribution is 5.94. The molecule has 27 heavy (non-hydrogen) atoms. The Kier molecular flexibility index (Phi) is 4.58. The second kappa shape index (κ2) is 7.33. The molecule has 5 nitrogen and oxygen atoms in total. The van der Waals surface area contributed by atoms with Crippen molar-refractivity contribution in [2.75, 3.05) is 11.9 Å². The smallest absolute Gasteiger partial charge is 0.248 e. The number of fused-ring (bicyclic) bond motifs is 1. The first-order valence-corrected chi connectivity index (χ1v) is 8.78. The second-order valence-corrected chi connectivity index (χ2v) is 6.31. The van der Waals surface area contributed by atoms with Gasteiger partial charge < -0.3 is 15.5 Å². The number of hydrogen-bond acceptors (Lipinski definition) is 4. The van der Waals surface area contributed by atoms with Gasteiger partial charge in [0.15, 0.2) is 5.58 Å². The van der Waals surface area contributed by atoms with Crippen molar-refractivity contribution in [2.24, 2.45) is 5.73 Å². The first kappa shape index (κ1) is 16.8. The number of aromatic nitrogens is 1. The molecule has 0 saturated heterocycles. The van der Waals surface area contributed by atoms with Crippen molar-refractivity contribution in [2.45, 2.75) is 6.42 Å². The summed E-state index contributed by atoms with van der Waals surface area (Å²) in [6, 6.07) is 23.2. The summed E-state index contributed by atoms with van der Waals surface area (Å²) in [7, 11) is 0. The zero-order chi connectivity index (χ0) is 18.6. The monoisotopic (exact) mass is 357 g/mol. The quantitative estimate of drug-likeness (QED) is 0.540. The van der Waals surface area contributed by atoms with Crippen LogP contribution in [0.3, 0.4) is 0 Å². The van der Waals surface area contributed by atoms with Gasteiger partial charge in [-0.2, -0.15) is 0 Å². The van der Waals surface area contributed by atoms with Gasteiger partial charge in [-0.25, -0.2) is 4.98 Å². The van der Waals surface area contributed by atoms with Gasteiger partial charge in [0.25, 0.3) is 0 Å². The average molecular weight is 357 g/mol. The molecule has 0 bridgehead atoms. The van der Waals surface area contributed by atoms with Crippen LogP contribution >= 0.6 is 0 Å². The number of carbonyl (C=O) groups is 1. The molecule has 1 amide bonds. The van der Waals surface area contributed by atoms with Gasteiger partial charge in [-0.15, -0.1) is 0 Å². The van der Waals surface area contributed by atoms with Gasteiger partial charge in [0.2, 0.25) is 11.8 Å². The number of nitrogens with two attached hydrogens (primary N) is 1. The summed E-state index contributed by atoms with van der Waals surface area (Å²) in [6.07, 6.45) is 0.945. The van der Waals surface area contributed by atoms with Crippen molar-refractivity contribution in [1.29, 1.82) is 0 Å². The van der Waals surface area contributed by atoms with Gasteiger partial charge in [-0.1, -0.05) is 36.4 Å². The van der Waals surface area contributed by atoms with E-state index in [0.29, 0.717) is 17.0 Å². The molecule has 0 spiro atoms. The lowest BCUT2D eigenvalue weighted by Crippen LogP contribution is -2.10. The molecule has 0 saturated carbocycles. The summed E-state index contributed by atoms with van der Waals surface area (Å²) >= 11 is 0. The fourth-order valence-electron chi connectivity index (χ4n) is 2.96. The van der Waals surface area contributed by atoms with Crippen LogP contribution in [0.5, 0.6) is 0 Å². The van der Waals surface area contributed by atoms with Crippen molar-refractivity contribution in [1.82, 2.24) is 4.98 Å². The normalized spacial score (nSPS) is 10.8. The van der Waals surface area contributed by atoms with Gasteiger partial charge in [-0.3, -0.25) is 4.79 Å². The first-order chi connectivity index (χ1) is 13.2. The maximum absolute atomic E-state index is 11.4. The molecule has 4 aromatic rings. The van der Waals surface area contributed by atoms with Gasteiger partial charge in [0.05, 0.1) is 0 Å². The van der Waals surface area contributed by atoms with E-state index in [0.717, 1.165) is 29.7 Å². The van der Waals surface area contributed by atoms with Crippen molar-refractivity contribution in [3.8, 4) is 11.5 Å². The first-order valence-electron chi connectivity index (χ1n) is 8.78. The van der Waals surface area contributed by atoms with E-state index in [1.54, 1.807) is 18.2 Å². The lowest BCUT2D eigenvalue weighted by molar-refractivity contribution is 0.100. The molecule has 5 heteroatoms. The predicted molar refractivity (Wildman–Crippen MR) is 107 cm³/mol. The van der Waals surface area contributed by atoms with Crippen molar-refractivity contribution in [3.05, 3.63) is 83.9 Å². The SMILES string of the molecule is NC(=O)c1cccc(-c2nc3ccc(NCCc4ccccc4)cc3o2)c1. The third-order valence-corrected chi connectivity index (χ3v) is 4.37. The molecule has 0 aliphatic heterocycles. The number of primary amides is 1. The Balaban J connectivity index is 1.51. The summed E-state index contributed by atoms with van der Waals surface area (Å²) in [6.45, 7) is 0.831. The molecule has 0 radical (unpaired) electrons. The highest BCUT2D eigenvalue weighted by Gasteiger charge is 2.10. The topological polar surface area (TPSA) is 81.2 Å². The summed E-state index contributed by atoms with van der Waals surface area (Å²) < 4.78 is 5.89. The highest BCUT2D eigenvalue weighted by Crippen LogP contribution is 2.26. The number of nitrogens with zero attached hydrogens (tertiary/aromatic N) is 1. The minimum absolute atomic E-state index is 0.429. The van der Waals surface area contributed by atoms with E-state index in [1.165, 1.54) is 5.56 Å². The third-order valence-electron chi connectivity index (χ3n) is 4.37. The molecular weight excluding hydrogens is 338 g/mol. The minimum Gasteiger partial charge on any atom is -0.436 e. The highest BCUT2D eigenvalue weighted by atomic mass is 16.3. The molecule has 0 aliphatic rings. The maximum Gasteiger partial charge on any atom is 0.248 e. The van der Waals surface area contributed by atoms with E-state index in [2.05, 4.69) is 22.4 Å². The zero-order valence-corrected chi connectivity index (χ0v) is 14.7. The van der Waals surface area contributed by atoms with Crippen molar-refractivity contribution < 1.29 is 9.21 Å². The zero-order valence-electron chi connectivity index (χ0n) is 14.7. The fraction of sp³-hybridized carbons (Fsp3) is 0.0909. The number of benzene rings is 3. The second-order valence-electron chi connectivity index (χ2n) is 6.31. The van der Waals surface area contributed by atoms with Gasteiger partial charge in [0.1, 0.15) is 5.52 Å². The predicted octanol–water partition coefficient (Wildman–Crippen LogP) is 4.25. The van der Waals surface area contributed by atoms with E-state index >= 15 is 0 Å². The molecule has 134 valence electrons. The molecule has 0 fully saturated rings. The number of oxazole rings is 1. The molecular formula is C22H19N3O2. The van der Waals surface area contributed by atoms with Crippen LogP contribution < -0.4 is 11.1 Å². The molecule has 0 aliphatic carbocycles. The number of carbonyl (C=O) groups excluding carboxylic acids is 1. The van der Waals surface area contributed by atoms with E-state index in [1.807, 2.05) is 42.5 Å². The minimum atomic E-state index is -0.474. The molecule has 0 unspecified atom stereocenters. The van der Waals surface area contributed by atoms with Crippen LogP contribution in [0.2, 0.25) is 0 Å². The van der Waals surface area contributed by atoms with E-state index < -0.39 is 5.91 Å². The Morgan fingerprint density at radius 2 is 1.85 bits per heavy atom. The largest absolute Gasteiger partial charge is 0.436 e. The van der Waals surface area contributed by atoms with Crippen LogP contribution in [0.15, 0.2) is 77.2 Å². The molecule has 1 aromatic heterocycles. The summed E-state index contributed by atoms with van der Waals surface area (Å²) in [5.74, 6) is -0.00704. The van der Waals surface area contributed by atoms with Crippen LogP contribution in [-0.4, -0.2) is 17.4 Å². The van der Waals surface area contributed by atoms with Crippen molar-refractivity contribution in [3.63, 3.8) is 0 Å². The molecule has 4 rings (SSSR count). The van der Waals surface area contributed by atoms with E-state index in [-0.39, 0.29) is 0 Å². The van der Waals surface area contributed by atoms with Crippen LogP contribution in [0.25, 0.3) is 22.6 Å². The van der Waals surface area contributed by atoms with Crippen LogP contribution in [0, 0.1) is 0 Å². The molecule has 1 heterocycles. The van der Waals surface area contributed by atoms with E-state index in [9.17, 15) is 4.79 Å². The maximum atomic E-state index is 11.4. The standard InChI is InChI=1S/C22H19N3O2/c23-21(26)16-7-4-8-17(13-16)22-25-19-10-9-18(14-20(19)27-22)24-12-11-15-5-2-1-3-6-15/h1-10,13-14,24H,11-12H2,(H2,23,26). The van der Waals surface area contributed by atoms with Crippen LogP contribution in [-0.2, 0) is 6.42 Å². The van der Waals surface area contributed by atoms with Crippen molar-refractivity contribution >= 4 is 22.7 Å². The van der Waals surface area contributed by atoms with Gasteiger partial charge in [0, 0.05) is 29.4 Å². The fourth-order valence-corrected chi connectivity index (χ4v) is 2.96. The van der Waals surface area contributed by atoms with Gasteiger partial charge in [-0.05, 0) is 42.3 Å². The number of rotatable bonds is 6. The molecule has 0 atom stereocenters. The third kappa shape index (κ3) is 3.82. The van der Waals surface area contributed by atoms with Crippen LogP contribution in [0.4, 0.5) is 5.69 Å². The Morgan fingerprint density at radius 3 is 2.67 bits per heavy atom. The van der Waals surface area contributed by atoms with Gasteiger partial charge >= 0.3 is 0 Å². The molecule has 3 N–H and O–H groups in total. The summed E-state index contributed by atoms with van der Waals surface area (Å²) in [5.41, 5.74) is 10.2. The number of hydrogen-bond donors (Lipinski definition) is 2.